The number of carbonyl (C=O) groups is 2. The van der Waals surface area contributed by atoms with Gasteiger partial charge in [-0.2, -0.15) is 0 Å². The van der Waals surface area contributed by atoms with E-state index >= 15 is 0 Å². The van der Waals surface area contributed by atoms with E-state index in [-0.39, 0.29) is 23.9 Å². The van der Waals surface area contributed by atoms with Crippen LogP contribution in [0.5, 0.6) is 0 Å². The predicted molar refractivity (Wildman–Crippen MR) is 55.1 cm³/mol. The van der Waals surface area contributed by atoms with Crippen molar-refractivity contribution < 1.29 is 9.59 Å². The Morgan fingerprint density at radius 3 is 2.80 bits per heavy atom. The highest BCUT2D eigenvalue weighted by atomic mass is 16.2. The van der Waals surface area contributed by atoms with Gasteiger partial charge < -0.3 is 16.0 Å². The summed E-state index contributed by atoms with van der Waals surface area (Å²) in [5, 5.41) is 8.76. The molecule has 0 aromatic rings. The molecule has 2 aliphatic heterocycles. The monoisotopic (exact) mass is 211 g/mol. The van der Waals surface area contributed by atoms with Crippen LogP contribution in [0.3, 0.4) is 0 Å². The molecule has 2 amide bonds. The molecule has 0 aliphatic carbocycles. The van der Waals surface area contributed by atoms with Gasteiger partial charge in [-0.05, 0) is 18.9 Å². The quantitative estimate of drug-likeness (QED) is 0.548. The minimum Gasteiger partial charge on any atom is -0.354 e. The highest BCUT2D eigenvalue weighted by Crippen LogP contribution is 2.13. The third-order valence-corrected chi connectivity index (χ3v) is 2.99. The van der Waals surface area contributed by atoms with Gasteiger partial charge in [-0.3, -0.25) is 9.59 Å². The Labute approximate surface area is 89.0 Å². The summed E-state index contributed by atoms with van der Waals surface area (Å²) >= 11 is 0. The molecule has 84 valence electrons. The Morgan fingerprint density at radius 2 is 2.27 bits per heavy atom. The van der Waals surface area contributed by atoms with Crippen molar-refractivity contribution in [2.45, 2.75) is 31.8 Å². The second-order valence-corrected chi connectivity index (χ2v) is 4.52. The topological polar surface area (TPSA) is 70.2 Å². The molecule has 0 saturated carbocycles. The molecular weight excluding hydrogens is 194 g/mol. The molecule has 3 N–H and O–H groups in total. The fourth-order valence-corrected chi connectivity index (χ4v) is 2.12. The van der Waals surface area contributed by atoms with E-state index in [1.165, 1.54) is 0 Å². The summed E-state index contributed by atoms with van der Waals surface area (Å²) in [5.74, 6) is 0.609. The van der Waals surface area contributed by atoms with Gasteiger partial charge >= 0.3 is 0 Å². The predicted octanol–water partition coefficient (Wildman–Crippen LogP) is -1.01. The molecule has 5 heteroatoms. The molecule has 0 aromatic heterocycles. The van der Waals surface area contributed by atoms with Crippen molar-refractivity contribution in [1.29, 1.82) is 0 Å². The lowest BCUT2D eigenvalue weighted by atomic mass is 10.1. The van der Waals surface area contributed by atoms with Gasteiger partial charge in [0, 0.05) is 13.0 Å². The molecule has 15 heavy (non-hydrogen) atoms. The Balaban J connectivity index is 1.79. The van der Waals surface area contributed by atoms with Crippen molar-refractivity contribution in [3.63, 3.8) is 0 Å². The normalized spacial score (nSPS) is 35.3. The lowest BCUT2D eigenvalue weighted by molar-refractivity contribution is -0.123. The number of nitrogens with one attached hydrogen (secondary N) is 3. The standard InChI is InChI=1S/C10H17N3O2/c1-6-2-8(11-4-6)10(15)13-7-3-9(14)12-5-7/h6-8,11H,2-5H2,1H3,(H,12,14)(H,13,15)/t6?,7-,8+/m1/s1. The molecular formula is C10H17N3O2. The van der Waals surface area contributed by atoms with E-state index in [0.717, 1.165) is 13.0 Å². The maximum Gasteiger partial charge on any atom is 0.237 e. The third kappa shape index (κ3) is 2.47. The van der Waals surface area contributed by atoms with Gasteiger partial charge in [0.1, 0.15) is 0 Å². The van der Waals surface area contributed by atoms with Crippen LogP contribution in [0.25, 0.3) is 0 Å². The Bertz CT molecular complexity index is 280. The van der Waals surface area contributed by atoms with Crippen molar-refractivity contribution in [1.82, 2.24) is 16.0 Å². The molecule has 2 rings (SSSR count). The largest absolute Gasteiger partial charge is 0.354 e. The minimum atomic E-state index is -0.0734. The molecule has 0 radical (unpaired) electrons. The number of amides is 2. The van der Waals surface area contributed by atoms with Gasteiger partial charge in [0.2, 0.25) is 11.8 Å². The van der Waals surface area contributed by atoms with E-state index < -0.39 is 0 Å². The van der Waals surface area contributed by atoms with Crippen molar-refractivity contribution >= 4 is 11.8 Å². The van der Waals surface area contributed by atoms with Crippen molar-refractivity contribution in [3.8, 4) is 0 Å². The van der Waals surface area contributed by atoms with E-state index in [9.17, 15) is 9.59 Å². The fraction of sp³-hybridized carbons (Fsp3) is 0.800. The first-order valence-corrected chi connectivity index (χ1v) is 5.45. The minimum absolute atomic E-state index is 0.0213. The smallest absolute Gasteiger partial charge is 0.237 e. The molecule has 2 heterocycles. The highest BCUT2D eigenvalue weighted by Gasteiger charge is 2.30. The van der Waals surface area contributed by atoms with Crippen LogP contribution in [0.15, 0.2) is 0 Å². The van der Waals surface area contributed by atoms with Crippen LogP contribution in [-0.2, 0) is 9.59 Å². The Morgan fingerprint density at radius 1 is 1.47 bits per heavy atom. The zero-order valence-electron chi connectivity index (χ0n) is 8.88. The highest BCUT2D eigenvalue weighted by molar-refractivity contribution is 5.85. The SMILES string of the molecule is CC1CN[C@H](C(=O)N[C@H]2CNC(=O)C2)C1. The lowest BCUT2D eigenvalue weighted by Gasteiger charge is -2.14. The van der Waals surface area contributed by atoms with E-state index in [1.54, 1.807) is 0 Å². The van der Waals surface area contributed by atoms with Crippen LogP contribution < -0.4 is 16.0 Å². The second kappa shape index (κ2) is 4.18. The summed E-state index contributed by atoms with van der Waals surface area (Å²) in [6.45, 7) is 3.59. The van der Waals surface area contributed by atoms with Crippen LogP contribution in [-0.4, -0.2) is 37.0 Å². The first-order chi connectivity index (χ1) is 7.15. The molecule has 0 aromatic carbocycles. The Hall–Kier alpha value is -1.10. The number of carbonyl (C=O) groups excluding carboxylic acids is 2. The average Bonchev–Trinajstić information content (AvgIpc) is 2.75. The first kappa shape index (κ1) is 10.4. The molecule has 2 saturated heterocycles. The summed E-state index contributed by atoms with van der Waals surface area (Å²) in [5.41, 5.74) is 0. The fourth-order valence-electron chi connectivity index (χ4n) is 2.12. The second-order valence-electron chi connectivity index (χ2n) is 4.52. The maximum atomic E-state index is 11.7. The number of hydrogen-bond donors (Lipinski definition) is 3. The van der Waals surface area contributed by atoms with Crippen LogP contribution in [0.1, 0.15) is 19.8 Å². The first-order valence-electron chi connectivity index (χ1n) is 5.45. The van der Waals surface area contributed by atoms with Crippen molar-refractivity contribution in [3.05, 3.63) is 0 Å². The molecule has 0 spiro atoms. The van der Waals surface area contributed by atoms with Gasteiger partial charge in [0.25, 0.3) is 0 Å². The summed E-state index contributed by atoms with van der Waals surface area (Å²) in [6.07, 6.45) is 1.30. The lowest BCUT2D eigenvalue weighted by Crippen LogP contribution is -2.45. The van der Waals surface area contributed by atoms with Crippen LogP contribution in [0.2, 0.25) is 0 Å². The summed E-state index contributed by atoms with van der Waals surface area (Å²) in [4.78, 5) is 22.7. The molecule has 2 aliphatic rings. The summed E-state index contributed by atoms with van der Waals surface area (Å²) < 4.78 is 0. The molecule has 5 nitrogen and oxygen atoms in total. The van der Waals surface area contributed by atoms with Crippen LogP contribution in [0.4, 0.5) is 0 Å². The molecule has 3 atom stereocenters. The zero-order valence-corrected chi connectivity index (χ0v) is 8.88. The summed E-state index contributed by atoms with van der Waals surface area (Å²) in [6, 6.07) is -0.0987. The molecule has 1 unspecified atom stereocenters. The van der Waals surface area contributed by atoms with Crippen molar-refractivity contribution in [2.24, 2.45) is 5.92 Å². The van der Waals surface area contributed by atoms with Gasteiger partial charge in [-0.25, -0.2) is 0 Å². The maximum absolute atomic E-state index is 11.7. The molecule has 2 fully saturated rings. The van der Waals surface area contributed by atoms with Gasteiger partial charge in [-0.1, -0.05) is 6.92 Å². The van der Waals surface area contributed by atoms with E-state index in [2.05, 4.69) is 22.9 Å². The van der Waals surface area contributed by atoms with Gasteiger partial charge in [-0.15, -0.1) is 0 Å². The van der Waals surface area contributed by atoms with E-state index in [0.29, 0.717) is 18.9 Å². The van der Waals surface area contributed by atoms with Crippen molar-refractivity contribution in [2.75, 3.05) is 13.1 Å². The third-order valence-electron chi connectivity index (χ3n) is 2.99. The van der Waals surface area contributed by atoms with Gasteiger partial charge in [0.05, 0.1) is 12.1 Å². The van der Waals surface area contributed by atoms with Gasteiger partial charge in [0.15, 0.2) is 0 Å². The molecule has 0 bridgehead atoms. The zero-order chi connectivity index (χ0) is 10.8. The van der Waals surface area contributed by atoms with E-state index in [1.807, 2.05) is 0 Å². The number of hydrogen-bond acceptors (Lipinski definition) is 3. The average molecular weight is 211 g/mol. The Kier molecular flexibility index (Phi) is 2.90. The van der Waals surface area contributed by atoms with E-state index in [4.69, 9.17) is 0 Å². The van der Waals surface area contributed by atoms with Crippen LogP contribution >= 0.6 is 0 Å². The van der Waals surface area contributed by atoms with Crippen LogP contribution in [0, 0.1) is 5.92 Å². The number of rotatable bonds is 2. The summed E-state index contributed by atoms with van der Waals surface area (Å²) in [7, 11) is 0.